The first kappa shape index (κ1) is 15.4. The average Bonchev–Trinajstić information content (AvgIpc) is 2.44. The molecule has 0 aromatic heterocycles. The van der Waals surface area contributed by atoms with Gasteiger partial charge in [-0.3, -0.25) is 4.79 Å². The van der Waals surface area contributed by atoms with Gasteiger partial charge in [0.1, 0.15) is 5.82 Å². The predicted octanol–water partition coefficient (Wildman–Crippen LogP) is 2.54. The number of carbonyl (C=O) groups excluding carboxylic acids is 1. The van der Waals surface area contributed by atoms with E-state index in [1.54, 1.807) is 19.2 Å². The number of ether oxygens (including phenoxy) is 1. The fourth-order valence-electron chi connectivity index (χ4n) is 2.46. The lowest BCUT2D eigenvalue weighted by atomic mass is 9.78. The fraction of sp³-hybridized carbons (Fsp3) is 0.500. The summed E-state index contributed by atoms with van der Waals surface area (Å²) in [6.07, 6.45) is 1.46. The highest BCUT2D eigenvalue weighted by atomic mass is 79.9. The Morgan fingerprint density at radius 1 is 1.50 bits per heavy atom. The summed E-state index contributed by atoms with van der Waals surface area (Å²) in [4.78, 5) is 12.5. The third-order valence-electron chi connectivity index (χ3n) is 3.64. The Labute approximate surface area is 126 Å². The molecule has 0 aliphatic carbocycles. The van der Waals surface area contributed by atoms with Gasteiger partial charge in [0.2, 0.25) is 5.91 Å². The zero-order valence-corrected chi connectivity index (χ0v) is 12.9. The van der Waals surface area contributed by atoms with Gasteiger partial charge in [-0.15, -0.1) is 0 Å². The smallest absolute Gasteiger partial charge is 0.233 e. The number of hydrogen-bond donors (Lipinski definition) is 2. The van der Waals surface area contributed by atoms with E-state index < -0.39 is 5.41 Å². The van der Waals surface area contributed by atoms with Gasteiger partial charge in [0.15, 0.2) is 0 Å². The molecule has 1 heterocycles. The molecule has 1 aliphatic heterocycles. The van der Waals surface area contributed by atoms with Crippen LogP contribution in [0.2, 0.25) is 0 Å². The van der Waals surface area contributed by atoms with Crippen LogP contribution in [0.15, 0.2) is 22.7 Å². The van der Waals surface area contributed by atoms with Crippen LogP contribution in [0.5, 0.6) is 0 Å². The minimum absolute atomic E-state index is 0.0700. The molecule has 2 N–H and O–H groups in total. The molecule has 1 aromatic rings. The lowest BCUT2D eigenvalue weighted by molar-refractivity contribution is -0.130. The third-order valence-corrected chi connectivity index (χ3v) is 4.25. The lowest BCUT2D eigenvalue weighted by Gasteiger charge is -2.35. The van der Waals surface area contributed by atoms with Crippen molar-refractivity contribution in [1.29, 1.82) is 0 Å². The SMILES string of the molecule is COCC1(C(=O)Nc2ccc(F)c(Br)c2)CCNCC1. The van der Waals surface area contributed by atoms with E-state index >= 15 is 0 Å². The maximum absolute atomic E-state index is 13.2. The van der Waals surface area contributed by atoms with E-state index in [0.717, 1.165) is 25.9 Å². The average molecular weight is 345 g/mol. The first-order chi connectivity index (χ1) is 9.57. The summed E-state index contributed by atoms with van der Waals surface area (Å²) >= 11 is 3.12. The second-order valence-electron chi connectivity index (χ2n) is 5.05. The quantitative estimate of drug-likeness (QED) is 0.882. The van der Waals surface area contributed by atoms with Crippen molar-refractivity contribution in [2.75, 3.05) is 32.1 Å². The fourth-order valence-corrected chi connectivity index (χ4v) is 2.83. The van der Waals surface area contributed by atoms with Gasteiger partial charge in [0.25, 0.3) is 0 Å². The van der Waals surface area contributed by atoms with Crippen LogP contribution in [0.4, 0.5) is 10.1 Å². The van der Waals surface area contributed by atoms with E-state index in [0.29, 0.717) is 16.8 Å². The molecule has 0 radical (unpaired) electrons. The number of benzene rings is 1. The number of rotatable bonds is 4. The molecule has 110 valence electrons. The lowest BCUT2D eigenvalue weighted by Crippen LogP contribution is -2.47. The first-order valence-corrected chi connectivity index (χ1v) is 7.33. The number of hydrogen-bond acceptors (Lipinski definition) is 3. The number of carbonyl (C=O) groups is 1. The van der Waals surface area contributed by atoms with Gasteiger partial charge in [0.05, 0.1) is 16.5 Å². The standard InChI is InChI=1S/C14H18BrFN2O2/c1-20-9-14(4-6-17-7-5-14)13(19)18-10-2-3-12(16)11(15)8-10/h2-3,8,17H,4-7,9H2,1H3,(H,18,19). The molecule has 2 rings (SSSR count). The Balaban J connectivity index is 2.13. The number of halogens is 2. The topological polar surface area (TPSA) is 50.4 Å². The van der Waals surface area contributed by atoms with Gasteiger partial charge < -0.3 is 15.4 Å². The van der Waals surface area contributed by atoms with Gasteiger partial charge in [-0.2, -0.15) is 0 Å². The van der Waals surface area contributed by atoms with Gasteiger partial charge in [-0.25, -0.2) is 4.39 Å². The summed E-state index contributed by atoms with van der Waals surface area (Å²) in [5, 5.41) is 6.10. The van der Waals surface area contributed by atoms with Crippen molar-refractivity contribution >= 4 is 27.5 Å². The van der Waals surface area contributed by atoms with Crippen molar-refractivity contribution < 1.29 is 13.9 Å². The Morgan fingerprint density at radius 2 is 2.20 bits per heavy atom. The summed E-state index contributed by atoms with van der Waals surface area (Å²) in [6.45, 7) is 1.98. The monoisotopic (exact) mass is 344 g/mol. The largest absolute Gasteiger partial charge is 0.384 e. The van der Waals surface area contributed by atoms with Gasteiger partial charge in [-0.05, 0) is 60.1 Å². The number of nitrogens with one attached hydrogen (secondary N) is 2. The van der Waals surface area contributed by atoms with Crippen LogP contribution in [0.1, 0.15) is 12.8 Å². The van der Waals surface area contributed by atoms with Crippen LogP contribution in [-0.2, 0) is 9.53 Å². The Hall–Kier alpha value is -0.980. The number of piperidine rings is 1. The zero-order valence-electron chi connectivity index (χ0n) is 11.3. The summed E-state index contributed by atoms with van der Waals surface area (Å²) in [7, 11) is 1.60. The molecule has 0 bridgehead atoms. The molecule has 1 amide bonds. The molecule has 6 heteroatoms. The number of anilines is 1. The minimum atomic E-state index is -0.513. The Morgan fingerprint density at radius 3 is 2.80 bits per heavy atom. The first-order valence-electron chi connectivity index (χ1n) is 6.53. The number of methoxy groups -OCH3 is 1. The molecule has 1 aliphatic rings. The molecular formula is C14H18BrFN2O2. The van der Waals surface area contributed by atoms with Crippen LogP contribution in [0, 0.1) is 11.2 Å². The maximum Gasteiger partial charge on any atom is 0.233 e. The van der Waals surface area contributed by atoms with Crippen LogP contribution >= 0.6 is 15.9 Å². The molecule has 0 spiro atoms. The number of amides is 1. The van der Waals surface area contributed by atoms with E-state index in [1.165, 1.54) is 6.07 Å². The maximum atomic E-state index is 13.2. The minimum Gasteiger partial charge on any atom is -0.384 e. The molecule has 4 nitrogen and oxygen atoms in total. The molecule has 0 saturated carbocycles. The summed E-state index contributed by atoms with van der Waals surface area (Å²) < 4.78 is 18.8. The van der Waals surface area contributed by atoms with Crippen LogP contribution in [-0.4, -0.2) is 32.7 Å². The second-order valence-corrected chi connectivity index (χ2v) is 5.90. The van der Waals surface area contributed by atoms with Crippen molar-refractivity contribution in [3.63, 3.8) is 0 Å². The molecule has 20 heavy (non-hydrogen) atoms. The van der Waals surface area contributed by atoms with Gasteiger partial charge in [0, 0.05) is 12.8 Å². The van der Waals surface area contributed by atoms with E-state index in [9.17, 15) is 9.18 Å². The van der Waals surface area contributed by atoms with Gasteiger partial charge in [-0.1, -0.05) is 0 Å². The van der Waals surface area contributed by atoms with Crippen LogP contribution < -0.4 is 10.6 Å². The van der Waals surface area contributed by atoms with E-state index in [4.69, 9.17) is 4.74 Å². The molecule has 0 unspecified atom stereocenters. The van der Waals surface area contributed by atoms with E-state index in [-0.39, 0.29) is 11.7 Å². The van der Waals surface area contributed by atoms with Crippen molar-refractivity contribution in [2.24, 2.45) is 5.41 Å². The molecule has 0 atom stereocenters. The summed E-state index contributed by atoms with van der Waals surface area (Å²) in [5.74, 6) is -0.421. The normalized spacial score (nSPS) is 17.8. The van der Waals surface area contributed by atoms with Crippen molar-refractivity contribution in [2.45, 2.75) is 12.8 Å². The molecular weight excluding hydrogens is 327 g/mol. The summed E-state index contributed by atoms with van der Waals surface area (Å²) in [6, 6.07) is 4.44. The highest BCUT2D eigenvalue weighted by Gasteiger charge is 2.39. The van der Waals surface area contributed by atoms with Gasteiger partial charge >= 0.3 is 0 Å². The van der Waals surface area contributed by atoms with E-state index in [1.807, 2.05) is 0 Å². The third kappa shape index (κ3) is 3.37. The Kier molecular flexibility index (Phi) is 5.12. The van der Waals surface area contributed by atoms with Crippen molar-refractivity contribution in [3.8, 4) is 0 Å². The summed E-state index contributed by atoms with van der Waals surface area (Å²) in [5.41, 5.74) is 0.0678. The molecule has 1 saturated heterocycles. The predicted molar refractivity (Wildman–Crippen MR) is 79.1 cm³/mol. The second kappa shape index (κ2) is 6.65. The highest BCUT2D eigenvalue weighted by Crippen LogP contribution is 2.31. The zero-order chi connectivity index (χ0) is 14.6. The van der Waals surface area contributed by atoms with Crippen molar-refractivity contribution in [1.82, 2.24) is 5.32 Å². The van der Waals surface area contributed by atoms with E-state index in [2.05, 4.69) is 26.6 Å². The molecule has 1 aromatic carbocycles. The molecule has 1 fully saturated rings. The van der Waals surface area contributed by atoms with Crippen LogP contribution in [0.3, 0.4) is 0 Å². The Bertz CT molecular complexity index is 485. The van der Waals surface area contributed by atoms with Crippen molar-refractivity contribution in [3.05, 3.63) is 28.5 Å². The highest BCUT2D eigenvalue weighted by molar-refractivity contribution is 9.10. The van der Waals surface area contributed by atoms with Crippen LogP contribution in [0.25, 0.3) is 0 Å².